The number of H-pyrrole nitrogens is 1. The molecule has 3 rings (SSSR count). The Morgan fingerprint density at radius 1 is 1.20 bits per heavy atom. The van der Waals surface area contributed by atoms with Crippen molar-refractivity contribution in [3.63, 3.8) is 0 Å². The molecule has 0 aliphatic rings. The largest absolute Gasteiger partial charge is 0.262 e. The lowest BCUT2D eigenvalue weighted by molar-refractivity contribution is 0.968. The van der Waals surface area contributed by atoms with Gasteiger partial charge in [-0.3, -0.25) is 10.1 Å². The Morgan fingerprint density at radius 2 is 2.00 bits per heavy atom. The molecule has 20 heavy (non-hydrogen) atoms. The van der Waals surface area contributed by atoms with E-state index in [2.05, 4.69) is 20.2 Å². The number of halogens is 1. The van der Waals surface area contributed by atoms with Crippen LogP contribution in [0.5, 0.6) is 0 Å². The van der Waals surface area contributed by atoms with Gasteiger partial charge in [0, 0.05) is 22.4 Å². The highest BCUT2D eigenvalue weighted by molar-refractivity contribution is 7.98. The third kappa shape index (κ3) is 2.51. The molecular weight excluding hydrogens is 292 g/mol. The van der Waals surface area contributed by atoms with Gasteiger partial charge >= 0.3 is 0 Å². The first kappa shape index (κ1) is 13.4. The molecule has 0 saturated heterocycles. The van der Waals surface area contributed by atoms with Crippen molar-refractivity contribution in [1.29, 1.82) is 0 Å². The lowest BCUT2D eigenvalue weighted by atomic mass is 10.1. The van der Waals surface area contributed by atoms with Crippen molar-refractivity contribution in [2.45, 2.75) is 24.8 Å². The summed E-state index contributed by atoms with van der Waals surface area (Å²) in [5, 5.41) is 9.44. The molecule has 2 heterocycles. The average molecular weight is 305 g/mol. The van der Waals surface area contributed by atoms with E-state index in [1.807, 2.05) is 38.1 Å². The summed E-state index contributed by atoms with van der Waals surface area (Å²) in [4.78, 5) is 8.89. The van der Waals surface area contributed by atoms with Crippen molar-refractivity contribution in [3.05, 3.63) is 46.4 Å². The highest BCUT2D eigenvalue weighted by atomic mass is 35.5. The molecule has 4 nitrogen and oxygen atoms in total. The van der Waals surface area contributed by atoms with E-state index >= 15 is 0 Å². The number of fused-ring (bicyclic) bond motifs is 1. The van der Waals surface area contributed by atoms with Crippen molar-refractivity contribution in [2.24, 2.45) is 0 Å². The summed E-state index contributed by atoms with van der Waals surface area (Å²) in [5.41, 5.74) is 2.92. The summed E-state index contributed by atoms with van der Waals surface area (Å²) in [7, 11) is 0. The van der Waals surface area contributed by atoms with Gasteiger partial charge in [0.05, 0.1) is 10.5 Å². The van der Waals surface area contributed by atoms with Crippen LogP contribution in [0.1, 0.15) is 17.1 Å². The number of aromatic nitrogens is 4. The number of para-hydroxylation sites is 1. The van der Waals surface area contributed by atoms with Crippen LogP contribution in [0.25, 0.3) is 10.9 Å². The minimum atomic E-state index is 0.708. The molecule has 1 aromatic carbocycles. The summed E-state index contributed by atoms with van der Waals surface area (Å²) >= 11 is 8.07. The zero-order valence-corrected chi connectivity index (χ0v) is 12.7. The van der Waals surface area contributed by atoms with Crippen LogP contribution in [-0.2, 0) is 5.75 Å². The first-order valence-corrected chi connectivity index (χ1v) is 7.57. The maximum absolute atomic E-state index is 6.52. The van der Waals surface area contributed by atoms with Crippen LogP contribution in [-0.4, -0.2) is 20.2 Å². The normalized spacial score (nSPS) is 11.2. The van der Waals surface area contributed by atoms with Crippen molar-refractivity contribution >= 4 is 34.3 Å². The number of nitrogens with zero attached hydrogens (tertiary/aromatic N) is 3. The number of rotatable bonds is 3. The lowest BCUT2D eigenvalue weighted by Gasteiger charge is -2.09. The van der Waals surface area contributed by atoms with E-state index in [1.54, 1.807) is 11.8 Å². The van der Waals surface area contributed by atoms with E-state index in [-0.39, 0.29) is 0 Å². The number of benzene rings is 1. The van der Waals surface area contributed by atoms with Crippen molar-refractivity contribution < 1.29 is 0 Å². The maximum atomic E-state index is 6.52. The van der Waals surface area contributed by atoms with Crippen LogP contribution in [0.2, 0.25) is 5.02 Å². The van der Waals surface area contributed by atoms with E-state index in [9.17, 15) is 0 Å². The summed E-state index contributed by atoms with van der Waals surface area (Å²) < 4.78 is 0. The number of aromatic amines is 1. The number of thioether (sulfide) groups is 1. The molecule has 0 atom stereocenters. The van der Waals surface area contributed by atoms with Gasteiger partial charge in [0.25, 0.3) is 0 Å². The number of aryl methyl sites for hydroxylation is 2. The van der Waals surface area contributed by atoms with Crippen LogP contribution >= 0.6 is 23.4 Å². The van der Waals surface area contributed by atoms with Crippen molar-refractivity contribution in [1.82, 2.24) is 20.2 Å². The Morgan fingerprint density at radius 3 is 2.75 bits per heavy atom. The molecule has 0 aliphatic heterocycles. The van der Waals surface area contributed by atoms with E-state index in [0.29, 0.717) is 5.75 Å². The van der Waals surface area contributed by atoms with Crippen LogP contribution in [0, 0.1) is 13.8 Å². The van der Waals surface area contributed by atoms with Crippen LogP contribution in [0.3, 0.4) is 0 Å². The molecule has 3 aromatic rings. The Bertz CT molecular complexity index is 769. The van der Waals surface area contributed by atoms with E-state index < -0.39 is 0 Å². The molecule has 0 amide bonds. The van der Waals surface area contributed by atoms with E-state index in [4.69, 9.17) is 11.6 Å². The predicted octanol–water partition coefficient (Wildman–Crippen LogP) is 3.92. The number of pyridine rings is 1. The topological polar surface area (TPSA) is 54.5 Å². The van der Waals surface area contributed by atoms with E-state index in [1.165, 1.54) is 0 Å². The fourth-order valence-electron chi connectivity index (χ4n) is 2.02. The molecule has 1 N–H and O–H groups in total. The molecule has 0 fully saturated rings. The van der Waals surface area contributed by atoms with Gasteiger partial charge < -0.3 is 0 Å². The monoisotopic (exact) mass is 304 g/mol. The highest BCUT2D eigenvalue weighted by Gasteiger charge is 2.12. The summed E-state index contributed by atoms with van der Waals surface area (Å²) in [6.45, 7) is 3.87. The number of hydrogen-bond acceptors (Lipinski definition) is 4. The summed E-state index contributed by atoms with van der Waals surface area (Å²) in [6.07, 6.45) is 0. The minimum Gasteiger partial charge on any atom is -0.262 e. The molecule has 0 radical (unpaired) electrons. The number of hydrogen-bond donors (Lipinski definition) is 1. The summed E-state index contributed by atoms with van der Waals surface area (Å²) in [5.74, 6) is 1.52. The fourth-order valence-corrected chi connectivity index (χ4v) is 3.40. The van der Waals surface area contributed by atoms with Crippen LogP contribution in [0.4, 0.5) is 0 Å². The van der Waals surface area contributed by atoms with Crippen molar-refractivity contribution in [2.75, 3.05) is 0 Å². The second-order valence-corrected chi connectivity index (χ2v) is 5.82. The third-order valence-electron chi connectivity index (χ3n) is 3.05. The first-order chi connectivity index (χ1) is 9.65. The third-order valence-corrected chi connectivity index (χ3v) is 4.36. The molecule has 0 spiro atoms. The fraction of sp³-hybridized carbons (Fsp3) is 0.214. The molecule has 0 unspecified atom stereocenters. The van der Waals surface area contributed by atoms with Gasteiger partial charge in [0.1, 0.15) is 5.82 Å². The zero-order valence-electron chi connectivity index (χ0n) is 11.1. The molecule has 0 saturated carbocycles. The maximum Gasteiger partial charge on any atom is 0.208 e. The Balaban J connectivity index is 1.94. The lowest BCUT2D eigenvalue weighted by Crippen LogP contribution is -1.95. The quantitative estimate of drug-likeness (QED) is 0.745. The molecule has 0 bridgehead atoms. The second kappa shape index (κ2) is 5.42. The van der Waals surface area contributed by atoms with Gasteiger partial charge in [-0.2, -0.15) is 0 Å². The van der Waals surface area contributed by atoms with Gasteiger partial charge in [-0.15, -0.1) is 5.10 Å². The number of nitrogens with one attached hydrogen (secondary N) is 1. The Labute approximate surface area is 126 Å². The second-order valence-electron chi connectivity index (χ2n) is 4.50. The standard InChI is InChI=1S/C14H13ClN4S/c1-8-11(7-20-14-17-9(2)18-19-14)13(15)10-5-3-4-6-12(10)16-8/h3-6H,7H2,1-2H3,(H,17,18,19). The Hall–Kier alpha value is -1.59. The smallest absolute Gasteiger partial charge is 0.208 e. The minimum absolute atomic E-state index is 0.708. The molecule has 6 heteroatoms. The predicted molar refractivity (Wildman–Crippen MR) is 82.2 cm³/mol. The van der Waals surface area contributed by atoms with Crippen LogP contribution in [0.15, 0.2) is 29.4 Å². The summed E-state index contributed by atoms with van der Waals surface area (Å²) in [6, 6.07) is 7.91. The average Bonchev–Trinajstić information content (AvgIpc) is 2.84. The SMILES string of the molecule is Cc1nc(SCc2c(C)nc3ccccc3c2Cl)n[nH]1. The molecule has 102 valence electrons. The Kier molecular flexibility index (Phi) is 3.63. The van der Waals surface area contributed by atoms with Crippen molar-refractivity contribution in [3.8, 4) is 0 Å². The molecule has 0 aliphatic carbocycles. The molecule has 2 aromatic heterocycles. The van der Waals surface area contributed by atoms with Gasteiger partial charge in [0.2, 0.25) is 5.16 Å². The first-order valence-electron chi connectivity index (χ1n) is 6.20. The van der Waals surface area contributed by atoms with Gasteiger partial charge in [-0.25, -0.2) is 4.98 Å². The molecular formula is C14H13ClN4S. The van der Waals surface area contributed by atoms with Gasteiger partial charge in [0.15, 0.2) is 0 Å². The zero-order chi connectivity index (χ0) is 14.1. The van der Waals surface area contributed by atoms with Crippen LogP contribution < -0.4 is 0 Å². The van der Waals surface area contributed by atoms with Gasteiger partial charge in [-0.1, -0.05) is 41.6 Å². The van der Waals surface area contributed by atoms with E-state index in [0.717, 1.165) is 38.2 Å². The highest BCUT2D eigenvalue weighted by Crippen LogP contribution is 2.31. The van der Waals surface area contributed by atoms with Gasteiger partial charge in [-0.05, 0) is 19.9 Å².